The van der Waals surface area contributed by atoms with Gasteiger partial charge >= 0.3 is 0 Å². The summed E-state index contributed by atoms with van der Waals surface area (Å²) < 4.78 is 0. The van der Waals surface area contributed by atoms with Crippen LogP contribution in [0.2, 0.25) is 0 Å². The minimum Gasteiger partial charge on any atom is -0.351 e. The first-order valence-electron chi connectivity index (χ1n) is 7.85. The quantitative estimate of drug-likeness (QED) is 0.889. The highest BCUT2D eigenvalue weighted by molar-refractivity contribution is 5.99. The summed E-state index contributed by atoms with van der Waals surface area (Å²) in [5.41, 5.74) is 3.53. The standard InChI is InChI=1S/C17H22N4O/c1-13-5-4-6-14(11-13)16-15(12-19-20-16)17(22)18-7-10-21-8-2-3-9-21/h4-6,11-12H,2-3,7-10H2,1H3,(H,18,22)(H,19,20). The predicted molar refractivity (Wildman–Crippen MR) is 86.8 cm³/mol. The van der Waals surface area contributed by atoms with E-state index in [9.17, 15) is 4.79 Å². The van der Waals surface area contributed by atoms with Crippen LogP contribution in [-0.4, -0.2) is 47.2 Å². The monoisotopic (exact) mass is 298 g/mol. The van der Waals surface area contributed by atoms with Crippen LogP contribution < -0.4 is 5.32 Å². The molecular weight excluding hydrogens is 276 g/mol. The van der Waals surface area contributed by atoms with Gasteiger partial charge in [-0.2, -0.15) is 5.10 Å². The maximum Gasteiger partial charge on any atom is 0.255 e. The van der Waals surface area contributed by atoms with Gasteiger partial charge in [-0.15, -0.1) is 0 Å². The zero-order chi connectivity index (χ0) is 15.4. The van der Waals surface area contributed by atoms with Crippen LogP contribution in [0.4, 0.5) is 0 Å². The van der Waals surface area contributed by atoms with Gasteiger partial charge in [-0.1, -0.05) is 23.8 Å². The fourth-order valence-electron chi connectivity index (χ4n) is 2.91. The first-order valence-corrected chi connectivity index (χ1v) is 7.85. The second-order valence-electron chi connectivity index (χ2n) is 5.83. The van der Waals surface area contributed by atoms with Crippen molar-refractivity contribution in [3.8, 4) is 11.3 Å². The van der Waals surface area contributed by atoms with E-state index in [1.165, 1.54) is 12.8 Å². The number of likely N-dealkylation sites (tertiary alicyclic amines) is 1. The highest BCUT2D eigenvalue weighted by atomic mass is 16.1. The number of carbonyl (C=O) groups is 1. The second kappa shape index (κ2) is 6.75. The maximum atomic E-state index is 12.4. The Hall–Kier alpha value is -2.14. The molecule has 2 aromatic rings. The smallest absolute Gasteiger partial charge is 0.255 e. The van der Waals surface area contributed by atoms with Gasteiger partial charge in [0.1, 0.15) is 0 Å². The van der Waals surface area contributed by atoms with Crippen LogP contribution in [0.1, 0.15) is 28.8 Å². The number of aromatic nitrogens is 2. The Bertz CT molecular complexity index is 644. The summed E-state index contributed by atoms with van der Waals surface area (Å²) in [6, 6.07) is 8.06. The molecule has 0 spiro atoms. The van der Waals surface area contributed by atoms with Crippen molar-refractivity contribution in [2.24, 2.45) is 0 Å². The third-order valence-electron chi connectivity index (χ3n) is 4.10. The molecule has 0 saturated carbocycles. The Balaban J connectivity index is 1.64. The molecule has 0 bridgehead atoms. The van der Waals surface area contributed by atoms with Gasteiger partial charge in [0.05, 0.1) is 17.5 Å². The summed E-state index contributed by atoms with van der Waals surface area (Å²) in [6.45, 7) is 5.93. The normalized spacial score (nSPS) is 15.1. The zero-order valence-electron chi connectivity index (χ0n) is 12.9. The number of benzene rings is 1. The van der Waals surface area contributed by atoms with Crippen molar-refractivity contribution in [3.63, 3.8) is 0 Å². The van der Waals surface area contributed by atoms with Crippen molar-refractivity contribution in [1.82, 2.24) is 20.4 Å². The molecule has 1 aliphatic heterocycles. The zero-order valence-corrected chi connectivity index (χ0v) is 12.9. The molecule has 2 N–H and O–H groups in total. The summed E-state index contributed by atoms with van der Waals surface area (Å²) in [4.78, 5) is 14.8. The number of nitrogens with zero attached hydrogens (tertiary/aromatic N) is 2. The lowest BCUT2D eigenvalue weighted by atomic mass is 10.1. The van der Waals surface area contributed by atoms with E-state index in [-0.39, 0.29) is 5.91 Å². The Morgan fingerprint density at radius 3 is 2.95 bits per heavy atom. The fourth-order valence-corrected chi connectivity index (χ4v) is 2.91. The van der Waals surface area contributed by atoms with Crippen molar-refractivity contribution in [1.29, 1.82) is 0 Å². The molecule has 1 fully saturated rings. The van der Waals surface area contributed by atoms with E-state index in [1.807, 2.05) is 25.1 Å². The highest BCUT2D eigenvalue weighted by Crippen LogP contribution is 2.21. The molecule has 1 aromatic carbocycles. The summed E-state index contributed by atoms with van der Waals surface area (Å²) in [5.74, 6) is -0.0653. The maximum absolute atomic E-state index is 12.4. The number of hydrogen-bond acceptors (Lipinski definition) is 3. The van der Waals surface area contributed by atoms with E-state index in [4.69, 9.17) is 0 Å². The number of aromatic amines is 1. The van der Waals surface area contributed by atoms with Crippen LogP contribution in [0.25, 0.3) is 11.3 Å². The molecule has 0 unspecified atom stereocenters. The topological polar surface area (TPSA) is 61.0 Å². The number of rotatable bonds is 5. The minimum atomic E-state index is -0.0653. The summed E-state index contributed by atoms with van der Waals surface area (Å²) in [7, 11) is 0. The number of amides is 1. The van der Waals surface area contributed by atoms with E-state index >= 15 is 0 Å². The molecule has 0 radical (unpaired) electrons. The molecule has 1 amide bonds. The third kappa shape index (κ3) is 3.36. The summed E-state index contributed by atoms with van der Waals surface area (Å²) in [5, 5.41) is 9.98. The van der Waals surface area contributed by atoms with Gasteiger partial charge in [0.2, 0.25) is 0 Å². The second-order valence-corrected chi connectivity index (χ2v) is 5.83. The number of aryl methyl sites for hydroxylation is 1. The summed E-state index contributed by atoms with van der Waals surface area (Å²) in [6.07, 6.45) is 4.14. The van der Waals surface area contributed by atoms with Crippen LogP contribution in [0.3, 0.4) is 0 Å². The number of hydrogen-bond donors (Lipinski definition) is 2. The predicted octanol–water partition coefficient (Wildman–Crippen LogP) is 2.21. The van der Waals surface area contributed by atoms with Crippen LogP contribution >= 0.6 is 0 Å². The molecule has 2 heterocycles. The Morgan fingerprint density at radius 2 is 2.18 bits per heavy atom. The van der Waals surface area contributed by atoms with Crippen molar-refractivity contribution in [2.45, 2.75) is 19.8 Å². The Kier molecular flexibility index (Phi) is 4.53. The van der Waals surface area contributed by atoms with Gasteiger partial charge < -0.3 is 10.2 Å². The van der Waals surface area contributed by atoms with Gasteiger partial charge in [0, 0.05) is 18.7 Å². The van der Waals surface area contributed by atoms with Gasteiger partial charge in [-0.05, 0) is 38.9 Å². The first-order chi connectivity index (χ1) is 10.7. The molecule has 1 aliphatic rings. The SMILES string of the molecule is Cc1cccc(-c2[nH]ncc2C(=O)NCCN2CCCC2)c1. The Labute approximate surface area is 130 Å². The van der Waals surface area contributed by atoms with Crippen molar-refractivity contribution in [3.05, 3.63) is 41.6 Å². The summed E-state index contributed by atoms with van der Waals surface area (Å²) >= 11 is 0. The molecule has 3 rings (SSSR count). The number of carbonyl (C=O) groups excluding carboxylic acids is 1. The fraction of sp³-hybridized carbons (Fsp3) is 0.412. The van der Waals surface area contributed by atoms with Crippen LogP contribution in [0.5, 0.6) is 0 Å². The van der Waals surface area contributed by atoms with E-state index in [2.05, 4.69) is 26.5 Å². The molecule has 116 valence electrons. The molecular formula is C17H22N4O. The van der Waals surface area contributed by atoms with Crippen LogP contribution in [-0.2, 0) is 0 Å². The molecule has 5 nitrogen and oxygen atoms in total. The minimum absolute atomic E-state index is 0.0653. The van der Waals surface area contributed by atoms with Crippen LogP contribution in [0.15, 0.2) is 30.5 Å². The van der Waals surface area contributed by atoms with E-state index in [0.29, 0.717) is 12.1 Å². The van der Waals surface area contributed by atoms with Crippen molar-refractivity contribution < 1.29 is 4.79 Å². The molecule has 5 heteroatoms. The first kappa shape index (κ1) is 14.8. The van der Waals surface area contributed by atoms with Gasteiger partial charge in [-0.3, -0.25) is 9.89 Å². The number of H-pyrrole nitrogens is 1. The molecule has 1 aromatic heterocycles. The lowest BCUT2D eigenvalue weighted by Gasteiger charge is -2.14. The largest absolute Gasteiger partial charge is 0.351 e. The van der Waals surface area contributed by atoms with Gasteiger partial charge in [-0.25, -0.2) is 0 Å². The van der Waals surface area contributed by atoms with Crippen molar-refractivity contribution in [2.75, 3.05) is 26.2 Å². The van der Waals surface area contributed by atoms with Crippen molar-refractivity contribution >= 4 is 5.91 Å². The van der Waals surface area contributed by atoms with E-state index in [0.717, 1.165) is 36.5 Å². The average molecular weight is 298 g/mol. The lowest BCUT2D eigenvalue weighted by Crippen LogP contribution is -2.33. The molecule has 0 atom stereocenters. The lowest BCUT2D eigenvalue weighted by molar-refractivity contribution is 0.0950. The highest BCUT2D eigenvalue weighted by Gasteiger charge is 2.16. The molecule has 22 heavy (non-hydrogen) atoms. The average Bonchev–Trinajstić information content (AvgIpc) is 3.18. The number of nitrogens with one attached hydrogen (secondary N) is 2. The van der Waals surface area contributed by atoms with Gasteiger partial charge in [0.15, 0.2) is 0 Å². The van der Waals surface area contributed by atoms with Crippen LogP contribution in [0, 0.1) is 6.92 Å². The van der Waals surface area contributed by atoms with E-state index < -0.39 is 0 Å². The molecule has 0 aliphatic carbocycles. The van der Waals surface area contributed by atoms with E-state index in [1.54, 1.807) is 6.20 Å². The Morgan fingerprint density at radius 1 is 1.36 bits per heavy atom. The molecule has 1 saturated heterocycles. The third-order valence-corrected chi connectivity index (χ3v) is 4.10. The van der Waals surface area contributed by atoms with Gasteiger partial charge in [0.25, 0.3) is 5.91 Å².